The van der Waals surface area contributed by atoms with Crippen LogP contribution in [-0.4, -0.2) is 14.2 Å². The van der Waals surface area contributed by atoms with Gasteiger partial charge in [-0.25, -0.2) is 0 Å². The van der Waals surface area contributed by atoms with Gasteiger partial charge in [0.05, 0.1) is 14.2 Å². The van der Waals surface area contributed by atoms with Crippen LogP contribution in [0.2, 0.25) is 0 Å². The van der Waals surface area contributed by atoms with Crippen molar-refractivity contribution in [3.05, 3.63) is 59.2 Å². The Bertz CT molecular complexity index is 563. The summed E-state index contributed by atoms with van der Waals surface area (Å²) < 4.78 is 10.5. The first-order chi connectivity index (χ1) is 9.22. The van der Waals surface area contributed by atoms with Gasteiger partial charge in [-0.3, -0.25) is 0 Å². The van der Waals surface area contributed by atoms with E-state index in [9.17, 15) is 0 Å². The molecular formula is C17H18O2. The monoisotopic (exact) mass is 254 g/mol. The first kappa shape index (κ1) is 13.2. The molecule has 2 heteroatoms. The van der Waals surface area contributed by atoms with Gasteiger partial charge in [0.2, 0.25) is 0 Å². The van der Waals surface area contributed by atoms with E-state index in [1.165, 1.54) is 11.1 Å². The van der Waals surface area contributed by atoms with E-state index in [2.05, 4.69) is 31.2 Å². The van der Waals surface area contributed by atoms with Crippen LogP contribution in [0.5, 0.6) is 11.5 Å². The topological polar surface area (TPSA) is 18.5 Å². The van der Waals surface area contributed by atoms with Gasteiger partial charge in [-0.1, -0.05) is 36.4 Å². The minimum absolute atomic E-state index is 0.795. The van der Waals surface area contributed by atoms with Crippen LogP contribution in [0.3, 0.4) is 0 Å². The molecule has 0 aliphatic heterocycles. The molecule has 2 rings (SSSR count). The predicted molar refractivity (Wildman–Crippen MR) is 79.7 cm³/mol. The fraction of sp³-hybridized carbons (Fsp3) is 0.176. The molecule has 2 nitrogen and oxygen atoms in total. The summed E-state index contributed by atoms with van der Waals surface area (Å²) in [5.41, 5.74) is 3.53. The van der Waals surface area contributed by atoms with Crippen molar-refractivity contribution in [3.63, 3.8) is 0 Å². The molecule has 0 spiro atoms. The van der Waals surface area contributed by atoms with E-state index in [1.54, 1.807) is 14.2 Å². The van der Waals surface area contributed by atoms with Crippen molar-refractivity contribution in [2.45, 2.75) is 6.92 Å². The highest BCUT2D eigenvalue weighted by atomic mass is 16.5. The first-order valence-corrected chi connectivity index (χ1v) is 6.19. The molecule has 0 unspecified atom stereocenters. The van der Waals surface area contributed by atoms with Crippen LogP contribution in [0.1, 0.15) is 16.7 Å². The predicted octanol–water partition coefficient (Wildman–Crippen LogP) is 4.18. The van der Waals surface area contributed by atoms with E-state index in [1.807, 2.05) is 30.3 Å². The van der Waals surface area contributed by atoms with E-state index in [4.69, 9.17) is 9.47 Å². The summed E-state index contributed by atoms with van der Waals surface area (Å²) in [6.45, 7) is 2.10. The van der Waals surface area contributed by atoms with E-state index in [-0.39, 0.29) is 0 Å². The average molecular weight is 254 g/mol. The number of hydrogen-bond acceptors (Lipinski definition) is 2. The second-order valence-electron chi connectivity index (χ2n) is 4.34. The summed E-state index contributed by atoms with van der Waals surface area (Å²) in [6, 6.07) is 14.1. The Labute approximate surface area is 114 Å². The molecule has 0 heterocycles. The second kappa shape index (κ2) is 6.10. The summed E-state index contributed by atoms with van der Waals surface area (Å²) in [4.78, 5) is 0. The van der Waals surface area contributed by atoms with E-state index in [0.29, 0.717) is 0 Å². The largest absolute Gasteiger partial charge is 0.497 e. The number of aryl methyl sites for hydroxylation is 1. The van der Waals surface area contributed by atoms with Gasteiger partial charge in [-0.15, -0.1) is 0 Å². The zero-order valence-corrected chi connectivity index (χ0v) is 11.5. The van der Waals surface area contributed by atoms with Crippen molar-refractivity contribution in [1.82, 2.24) is 0 Å². The number of methoxy groups -OCH3 is 2. The highest BCUT2D eigenvalue weighted by molar-refractivity contribution is 5.72. The van der Waals surface area contributed by atoms with Crippen molar-refractivity contribution < 1.29 is 9.47 Å². The average Bonchev–Trinajstić information content (AvgIpc) is 2.46. The third-order valence-electron chi connectivity index (χ3n) is 3.02. The molecule has 2 aromatic carbocycles. The number of benzene rings is 2. The van der Waals surface area contributed by atoms with Gasteiger partial charge >= 0.3 is 0 Å². The minimum Gasteiger partial charge on any atom is -0.497 e. The molecule has 0 saturated heterocycles. The molecule has 0 aromatic heterocycles. The Kier molecular flexibility index (Phi) is 4.24. The molecule has 0 N–H and O–H groups in total. The van der Waals surface area contributed by atoms with Gasteiger partial charge in [0.1, 0.15) is 11.5 Å². The molecule has 0 bridgehead atoms. The van der Waals surface area contributed by atoms with Crippen LogP contribution in [0.4, 0.5) is 0 Å². The molecule has 0 amide bonds. The molecule has 0 aliphatic rings. The van der Waals surface area contributed by atoms with Crippen LogP contribution < -0.4 is 9.47 Å². The van der Waals surface area contributed by atoms with Gasteiger partial charge in [0, 0.05) is 6.07 Å². The molecule has 19 heavy (non-hydrogen) atoms. The number of ether oxygens (including phenoxy) is 2. The van der Waals surface area contributed by atoms with Crippen LogP contribution in [0.25, 0.3) is 12.2 Å². The Hall–Kier alpha value is -2.22. The van der Waals surface area contributed by atoms with Gasteiger partial charge in [-0.05, 0) is 35.7 Å². The van der Waals surface area contributed by atoms with Crippen molar-refractivity contribution in [2.24, 2.45) is 0 Å². The zero-order valence-electron chi connectivity index (χ0n) is 11.5. The summed E-state index contributed by atoms with van der Waals surface area (Å²) in [5.74, 6) is 1.59. The third kappa shape index (κ3) is 3.38. The van der Waals surface area contributed by atoms with E-state index >= 15 is 0 Å². The van der Waals surface area contributed by atoms with Crippen LogP contribution in [0, 0.1) is 6.92 Å². The van der Waals surface area contributed by atoms with Crippen molar-refractivity contribution in [3.8, 4) is 11.5 Å². The smallest absolute Gasteiger partial charge is 0.123 e. The lowest BCUT2D eigenvalue weighted by Crippen LogP contribution is -1.88. The Morgan fingerprint density at radius 1 is 0.842 bits per heavy atom. The molecule has 0 fully saturated rings. The lowest BCUT2D eigenvalue weighted by molar-refractivity contribution is 0.394. The first-order valence-electron chi connectivity index (χ1n) is 6.19. The summed E-state index contributed by atoms with van der Waals surface area (Å²) in [6.07, 6.45) is 4.16. The maximum Gasteiger partial charge on any atom is 0.123 e. The molecule has 0 saturated carbocycles. The van der Waals surface area contributed by atoms with Gasteiger partial charge in [0.25, 0.3) is 0 Å². The number of rotatable bonds is 4. The van der Waals surface area contributed by atoms with Crippen molar-refractivity contribution in [2.75, 3.05) is 14.2 Å². The lowest BCUT2D eigenvalue weighted by atomic mass is 10.1. The second-order valence-corrected chi connectivity index (χ2v) is 4.34. The molecule has 0 atom stereocenters. The molecule has 2 aromatic rings. The van der Waals surface area contributed by atoms with Crippen molar-refractivity contribution >= 4 is 12.2 Å². The molecular weight excluding hydrogens is 236 g/mol. The van der Waals surface area contributed by atoms with Gasteiger partial charge in [0.15, 0.2) is 0 Å². The van der Waals surface area contributed by atoms with Crippen LogP contribution >= 0.6 is 0 Å². The summed E-state index contributed by atoms with van der Waals surface area (Å²) >= 11 is 0. The Morgan fingerprint density at radius 2 is 1.47 bits per heavy atom. The fourth-order valence-corrected chi connectivity index (χ4v) is 1.89. The maximum atomic E-state index is 5.26. The number of hydrogen-bond donors (Lipinski definition) is 0. The summed E-state index contributed by atoms with van der Waals surface area (Å²) in [7, 11) is 3.31. The van der Waals surface area contributed by atoms with Gasteiger partial charge < -0.3 is 9.47 Å². The Morgan fingerprint density at radius 3 is 2.05 bits per heavy atom. The highest BCUT2D eigenvalue weighted by Crippen LogP contribution is 2.24. The van der Waals surface area contributed by atoms with Crippen molar-refractivity contribution in [1.29, 1.82) is 0 Å². The quantitative estimate of drug-likeness (QED) is 0.762. The normalized spacial score (nSPS) is 10.7. The maximum absolute atomic E-state index is 5.26. The van der Waals surface area contributed by atoms with E-state index < -0.39 is 0 Å². The third-order valence-corrected chi connectivity index (χ3v) is 3.02. The SMILES string of the molecule is COc1cc(/C=C/c2ccccc2C)cc(OC)c1. The standard InChI is InChI=1S/C17H18O2/c1-13-6-4-5-7-15(13)9-8-14-10-16(18-2)12-17(11-14)19-3/h4-12H,1-3H3/b9-8+. The molecule has 98 valence electrons. The summed E-state index contributed by atoms with van der Waals surface area (Å²) in [5, 5.41) is 0. The van der Waals surface area contributed by atoms with Crippen LogP contribution in [-0.2, 0) is 0 Å². The fourth-order valence-electron chi connectivity index (χ4n) is 1.89. The van der Waals surface area contributed by atoms with Crippen LogP contribution in [0.15, 0.2) is 42.5 Å². The zero-order chi connectivity index (χ0) is 13.7. The minimum atomic E-state index is 0.795. The molecule has 0 aliphatic carbocycles. The lowest BCUT2D eigenvalue weighted by Gasteiger charge is -2.06. The van der Waals surface area contributed by atoms with E-state index in [0.717, 1.165) is 17.1 Å². The highest BCUT2D eigenvalue weighted by Gasteiger charge is 1.99. The Balaban J connectivity index is 2.30. The molecule has 0 radical (unpaired) electrons. The van der Waals surface area contributed by atoms with Gasteiger partial charge in [-0.2, -0.15) is 0 Å².